The molecule has 0 spiro atoms. The van der Waals surface area contributed by atoms with Crippen LogP contribution in [0.1, 0.15) is 11.4 Å². The fourth-order valence-corrected chi connectivity index (χ4v) is 1.84. The van der Waals surface area contributed by atoms with E-state index in [1.807, 2.05) is 0 Å². The van der Waals surface area contributed by atoms with Crippen molar-refractivity contribution in [1.82, 2.24) is 14.8 Å². The van der Waals surface area contributed by atoms with Crippen LogP contribution < -0.4 is 11.1 Å². The van der Waals surface area contributed by atoms with E-state index in [0.717, 1.165) is 0 Å². The maximum atomic E-state index is 13.8. The van der Waals surface area contributed by atoms with Crippen molar-refractivity contribution in [2.75, 3.05) is 11.9 Å². The zero-order chi connectivity index (χ0) is 14.7. The van der Waals surface area contributed by atoms with E-state index in [1.54, 1.807) is 18.1 Å². The monoisotopic (exact) mass is 297 g/mol. The molecule has 0 atom stereocenters. The van der Waals surface area contributed by atoms with E-state index in [-0.39, 0.29) is 16.2 Å². The molecule has 0 saturated carbocycles. The Hall–Kier alpha value is -2.09. The van der Waals surface area contributed by atoms with Crippen molar-refractivity contribution < 1.29 is 8.78 Å². The highest BCUT2D eigenvalue weighted by molar-refractivity contribution is 7.80. The van der Waals surface area contributed by atoms with E-state index in [4.69, 9.17) is 5.73 Å². The van der Waals surface area contributed by atoms with Crippen LogP contribution in [0.2, 0.25) is 0 Å². The lowest BCUT2D eigenvalue weighted by molar-refractivity contribution is 0.509. The Morgan fingerprint density at radius 3 is 2.75 bits per heavy atom. The summed E-state index contributed by atoms with van der Waals surface area (Å²) in [7, 11) is 1.76. The van der Waals surface area contributed by atoms with Crippen molar-refractivity contribution >= 4 is 22.9 Å². The summed E-state index contributed by atoms with van der Waals surface area (Å²) in [5.74, 6) is -1.41. The molecule has 2 aromatic rings. The third-order valence-corrected chi connectivity index (χ3v) is 2.88. The van der Waals surface area contributed by atoms with Gasteiger partial charge >= 0.3 is 0 Å². The van der Waals surface area contributed by atoms with Crippen molar-refractivity contribution in [2.45, 2.75) is 6.42 Å². The molecule has 2 rings (SSSR count). The molecule has 5 nitrogen and oxygen atoms in total. The molecule has 3 N–H and O–H groups in total. The highest BCUT2D eigenvalue weighted by atomic mass is 32.1. The predicted octanol–water partition coefficient (Wildman–Crippen LogP) is 1.38. The fourth-order valence-electron chi connectivity index (χ4n) is 1.68. The van der Waals surface area contributed by atoms with Crippen LogP contribution in [0.15, 0.2) is 18.5 Å². The number of halogens is 2. The summed E-state index contributed by atoms with van der Waals surface area (Å²) in [6.45, 7) is 0.382. The zero-order valence-corrected chi connectivity index (χ0v) is 11.5. The summed E-state index contributed by atoms with van der Waals surface area (Å²) in [5.41, 5.74) is 5.25. The maximum Gasteiger partial charge on any atom is 0.182 e. The summed E-state index contributed by atoms with van der Waals surface area (Å²) >= 11 is 4.64. The van der Waals surface area contributed by atoms with Crippen LogP contribution in [0.3, 0.4) is 0 Å². The number of nitrogens with two attached hydrogens (primary N) is 1. The Kier molecular flexibility index (Phi) is 4.23. The molecule has 20 heavy (non-hydrogen) atoms. The average Bonchev–Trinajstić information content (AvgIpc) is 2.80. The van der Waals surface area contributed by atoms with Gasteiger partial charge in [-0.25, -0.2) is 13.8 Å². The molecule has 0 radical (unpaired) electrons. The SMILES string of the molecule is Cn1cnc(CCNc2ccc(C(N)=S)c(F)c2F)n1. The Balaban J connectivity index is 2.03. The molecule has 0 aliphatic heterocycles. The zero-order valence-electron chi connectivity index (χ0n) is 10.7. The number of hydrogen-bond donors (Lipinski definition) is 2. The van der Waals surface area contributed by atoms with Crippen molar-refractivity contribution in [3.05, 3.63) is 41.5 Å². The number of thiocarbonyl (C=S) groups is 1. The van der Waals surface area contributed by atoms with E-state index < -0.39 is 11.6 Å². The van der Waals surface area contributed by atoms with Crippen molar-refractivity contribution in [2.24, 2.45) is 12.8 Å². The number of rotatable bonds is 5. The standard InChI is InChI=1S/C12H13F2N5S/c1-19-6-17-9(18-19)4-5-16-8-3-2-7(12(15)20)10(13)11(8)14/h2-3,6,16H,4-5H2,1H3,(H2,15,20). The molecular formula is C12H13F2N5S. The fraction of sp³-hybridized carbons (Fsp3) is 0.250. The number of aryl methyl sites for hydroxylation is 1. The minimum absolute atomic E-state index is 0.0541. The first-order valence-corrected chi connectivity index (χ1v) is 6.26. The second-order valence-electron chi connectivity index (χ2n) is 4.16. The molecule has 1 aromatic heterocycles. The van der Waals surface area contributed by atoms with Gasteiger partial charge in [0.25, 0.3) is 0 Å². The van der Waals surface area contributed by atoms with Crippen LogP contribution in [-0.4, -0.2) is 26.3 Å². The molecule has 0 saturated heterocycles. The van der Waals surface area contributed by atoms with Crippen LogP contribution in [-0.2, 0) is 13.5 Å². The molecule has 0 fully saturated rings. The molecule has 1 heterocycles. The summed E-state index contributed by atoms with van der Waals surface area (Å²) in [6, 6.07) is 2.75. The third kappa shape index (κ3) is 3.08. The number of anilines is 1. The number of aromatic nitrogens is 3. The molecule has 8 heteroatoms. The third-order valence-electron chi connectivity index (χ3n) is 2.66. The first kappa shape index (κ1) is 14.3. The van der Waals surface area contributed by atoms with Gasteiger partial charge in [-0.2, -0.15) is 5.10 Å². The van der Waals surface area contributed by atoms with Gasteiger partial charge in [0, 0.05) is 25.6 Å². The van der Waals surface area contributed by atoms with Gasteiger partial charge in [-0.3, -0.25) is 4.68 Å². The molecule has 1 aromatic carbocycles. The summed E-state index contributed by atoms with van der Waals surface area (Å²) in [5, 5.41) is 6.87. The van der Waals surface area contributed by atoms with Gasteiger partial charge < -0.3 is 11.1 Å². The smallest absolute Gasteiger partial charge is 0.182 e. The van der Waals surface area contributed by atoms with E-state index in [0.29, 0.717) is 18.8 Å². The first-order chi connectivity index (χ1) is 9.49. The normalized spacial score (nSPS) is 10.6. The molecule has 0 amide bonds. The maximum absolute atomic E-state index is 13.8. The molecule has 0 aliphatic rings. The van der Waals surface area contributed by atoms with Crippen LogP contribution in [0.5, 0.6) is 0 Å². The lowest BCUT2D eigenvalue weighted by Crippen LogP contribution is -2.14. The Labute approximate surface area is 119 Å². The Morgan fingerprint density at radius 2 is 2.15 bits per heavy atom. The summed E-state index contributed by atoms with van der Waals surface area (Å²) < 4.78 is 29.0. The topological polar surface area (TPSA) is 68.8 Å². The van der Waals surface area contributed by atoms with E-state index in [9.17, 15) is 8.78 Å². The van der Waals surface area contributed by atoms with Gasteiger partial charge in [0.2, 0.25) is 0 Å². The second-order valence-corrected chi connectivity index (χ2v) is 4.60. The molecule has 106 valence electrons. The molecule has 0 bridgehead atoms. The number of benzene rings is 1. The van der Waals surface area contributed by atoms with Crippen molar-refractivity contribution in [1.29, 1.82) is 0 Å². The predicted molar refractivity (Wildman–Crippen MR) is 75.4 cm³/mol. The average molecular weight is 297 g/mol. The highest BCUT2D eigenvalue weighted by Crippen LogP contribution is 2.20. The van der Waals surface area contributed by atoms with Crippen LogP contribution in [0.25, 0.3) is 0 Å². The van der Waals surface area contributed by atoms with E-state index in [2.05, 4.69) is 27.6 Å². The highest BCUT2D eigenvalue weighted by Gasteiger charge is 2.14. The van der Waals surface area contributed by atoms with Gasteiger partial charge in [0.05, 0.1) is 5.69 Å². The Morgan fingerprint density at radius 1 is 1.40 bits per heavy atom. The summed E-state index contributed by atoms with van der Waals surface area (Å²) in [4.78, 5) is 3.86. The van der Waals surface area contributed by atoms with Gasteiger partial charge in [0.1, 0.15) is 11.3 Å². The van der Waals surface area contributed by atoms with E-state index >= 15 is 0 Å². The summed E-state index contributed by atoms with van der Waals surface area (Å²) in [6.07, 6.45) is 2.07. The van der Waals surface area contributed by atoms with Gasteiger partial charge in [-0.05, 0) is 12.1 Å². The van der Waals surface area contributed by atoms with E-state index in [1.165, 1.54) is 12.1 Å². The van der Waals surface area contributed by atoms with Crippen molar-refractivity contribution in [3.8, 4) is 0 Å². The number of nitrogens with one attached hydrogen (secondary N) is 1. The molecular weight excluding hydrogens is 284 g/mol. The largest absolute Gasteiger partial charge is 0.389 e. The lowest BCUT2D eigenvalue weighted by Gasteiger charge is -2.09. The molecule has 0 unspecified atom stereocenters. The Bertz CT molecular complexity index is 641. The minimum Gasteiger partial charge on any atom is -0.389 e. The second kappa shape index (κ2) is 5.91. The molecule has 0 aliphatic carbocycles. The van der Waals surface area contributed by atoms with Gasteiger partial charge in [-0.15, -0.1) is 0 Å². The van der Waals surface area contributed by atoms with Crippen LogP contribution in [0.4, 0.5) is 14.5 Å². The number of hydrogen-bond acceptors (Lipinski definition) is 4. The van der Waals surface area contributed by atoms with Gasteiger partial charge in [-0.1, -0.05) is 12.2 Å². The van der Waals surface area contributed by atoms with Gasteiger partial charge in [0.15, 0.2) is 17.5 Å². The minimum atomic E-state index is -1.04. The quantitative estimate of drug-likeness (QED) is 0.816. The van der Waals surface area contributed by atoms with Crippen LogP contribution >= 0.6 is 12.2 Å². The first-order valence-electron chi connectivity index (χ1n) is 5.85. The van der Waals surface area contributed by atoms with Crippen molar-refractivity contribution in [3.63, 3.8) is 0 Å². The lowest BCUT2D eigenvalue weighted by atomic mass is 10.1. The number of nitrogens with zero attached hydrogens (tertiary/aromatic N) is 3. The van der Waals surface area contributed by atoms with Crippen LogP contribution in [0, 0.1) is 11.6 Å².